The van der Waals surface area contributed by atoms with Crippen LogP contribution in [0.5, 0.6) is 0 Å². The maximum absolute atomic E-state index is 11.8. The lowest BCUT2D eigenvalue weighted by molar-refractivity contribution is 0.0869. The van der Waals surface area contributed by atoms with E-state index in [0.29, 0.717) is 25.3 Å². The van der Waals surface area contributed by atoms with Crippen molar-refractivity contribution >= 4 is 5.78 Å². The summed E-state index contributed by atoms with van der Waals surface area (Å²) < 4.78 is 6.94. The number of nitrogens with zero attached hydrogens (tertiary/aromatic N) is 3. The Hall–Kier alpha value is -1.23. The first-order valence-electron chi connectivity index (χ1n) is 5.79. The van der Waals surface area contributed by atoms with Gasteiger partial charge in [0.05, 0.1) is 12.8 Å². The Labute approximate surface area is 95.8 Å². The smallest absolute Gasteiger partial charge is 0.184 e. The molecule has 0 aliphatic carbocycles. The van der Waals surface area contributed by atoms with E-state index in [1.165, 1.54) is 6.20 Å². The fourth-order valence-electron chi connectivity index (χ4n) is 1.39. The highest BCUT2D eigenvalue weighted by atomic mass is 16.5. The van der Waals surface area contributed by atoms with Gasteiger partial charge < -0.3 is 4.74 Å². The molecule has 0 aromatic carbocycles. The molecule has 5 nitrogen and oxygen atoms in total. The molecular weight excluding hydrogens is 206 g/mol. The van der Waals surface area contributed by atoms with Crippen molar-refractivity contribution in [3.8, 4) is 0 Å². The Kier molecular flexibility index (Phi) is 5.71. The third-order valence-corrected chi connectivity index (χ3v) is 2.16. The van der Waals surface area contributed by atoms with Crippen LogP contribution in [-0.4, -0.2) is 34.0 Å². The van der Waals surface area contributed by atoms with Crippen molar-refractivity contribution in [3.05, 3.63) is 11.9 Å². The summed E-state index contributed by atoms with van der Waals surface area (Å²) in [6.07, 6.45) is 3.84. The van der Waals surface area contributed by atoms with E-state index in [4.69, 9.17) is 4.74 Å². The van der Waals surface area contributed by atoms with Gasteiger partial charge >= 0.3 is 0 Å². The molecule has 0 bridgehead atoms. The highest BCUT2D eigenvalue weighted by molar-refractivity contribution is 5.94. The largest absolute Gasteiger partial charge is 0.381 e. The number of ether oxygens (including phenoxy) is 1. The summed E-state index contributed by atoms with van der Waals surface area (Å²) in [6.45, 7) is 6.00. The van der Waals surface area contributed by atoms with Crippen molar-refractivity contribution in [1.29, 1.82) is 0 Å². The number of ketones is 1. The van der Waals surface area contributed by atoms with E-state index >= 15 is 0 Å². The van der Waals surface area contributed by atoms with Crippen molar-refractivity contribution in [1.82, 2.24) is 15.0 Å². The zero-order valence-corrected chi connectivity index (χ0v) is 9.98. The molecule has 1 rings (SSSR count). The van der Waals surface area contributed by atoms with E-state index in [1.54, 1.807) is 4.68 Å². The molecule has 0 radical (unpaired) electrons. The molecule has 0 aliphatic heterocycles. The second-order valence-electron chi connectivity index (χ2n) is 3.63. The Bertz CT molecular complexity index is 323. The molecule has 0 saturated heterocycles. The average Bonchev–Trinajstić information content (AvgIpc) is 2.73. The van der Waals surface area contributed by atoms with Gasteiger partial charge in [-0.15, -0.1) is 5.10 Å². The minimum atomic E-state index is 0.0505. The molecule has 0 atom stereocenters. The van der Waals surface area contributed by atoms with Gasteiger partial charge in [0.1, 0.15) is 5.69 Å². The third-order valence-electron chi connectivity index (χ3n) is 2.16. The van der Waals surface area contributed by atoms with E-state index in [0.717, 1.165) is 19.4 Å². The Morgan fingerprint density at radius 2 is 2.19 bits per heavy atom. The molecule has 1 aromatic rings. The monoisotopic (exact) mass is 225 g/mol. The number of carbonyl (C=O) groups excluding carboxylic acids is 1. The van der Waals surface area contributed by atoms with E-state index in [2.05, 4.69) is 10.3 Å². The molecule has 16 heavy (non-hydrogen) atoms. The van der Waals surface area contributed by atoms with Crippen LogP contribution < -0.4 is 0 Å². The average molecular weight is 225 g/mol. The van der Waals surface area contributed by atoms with Crippen LogP contribution in [0.4, 0.5) is 0 Å². The SMILES string of the molecule is CCCOCCC(=O)c1cnnn1CCC. The van der Waals surface area contributed by atoms with Gasteiger partial charge in [0, 0.05) is 19.6 Å². The van der Waals surface area contributed by atoms with Crippen molar-refractivity contribution in [2.75, 3.05) is 13.2 Å². The van der Waals surface area contributed by atoms with Gasteiger partial charge in [-0.2, -0.15) is 0 Å². The van der Waals surface area contributed by atoms with Crippen LogP contribution in [-0.2, 0) is 11.3 Å². The fraction of sp³-hybridized carbons (Fsp3) is 0.727. The predicted molar refractivity (Wildman–Crippen MR) is 60.4 cm³/mol. The van der Waals surface area contributed by atoms with Gasteiger partial charge in [-0.05, 0) is 12.8 Å². The van der Waals surface area contributed by atoms with Gasteiger partial charge in [0.25, 0.3) is 0 Å². The maximum Gasteiger partial charge on any atom is 0.184 e. The first-order valence-corrected chi connectivity index (χ1v) is 5.79. The molecular formula is C11H19N3O2. The molecule has 0 unspecified atom stereocenters. The molecule has 0 spiro atoms. The maximum atomic E-state index is 11.8. The molecule has 0 saturated carbocycles. The zero-order chi connectivity index (χ0) is 11.8. The number of hydrogen-bond acceptors (Lipinski definition) is 4. The van der Waals surface area contributed by atoms with Gasteiger partial charge in [0.2, 0.25) is 0 Å². The van der Waals surface area contributed by atoms with Gasteiger partial charge in [-0.3, -0.25) is 4.79 Å². The first-order chi connectivity index (χ1) is 7.79. The summed E-state index contributed by atoms with van der Waals surface area (Å²) in [5.74, 6) is 0.0505. The molecule has 90 valence electrons. The van der Waals surface area contributed by atoms with Crippen LogP contribution in [0.3, 0.4) is 0 Å². The summed E-state index contributed by atoms with van der Waals surface area (Å²) in [5.41, 5.74) is 0.585. The summed E-state index contributed by atoms with van der Waals surface area (Å²) in [6, 6.07) is 0. The van der Waals surface area contributed by atoms with Crippen LogP contribution in [0, 0.1) is 0 Å². The lowest BCUT2D eigenvalue weighted by Gasteiger charge is -2.04. The standard InChI is InChI=1S/C11H19N3O2/c1-3-6-14-10(9-12-13-14)11(15)5-8-16-7-4-2/h9H,3-8H2,1-2H3. The summed E-state index contributed by atoms with van der Waals surface area (Å²) in [7, 11) is 0. The van der Waals surface area contributed by atoms with E-state index in [-0.39, 0.29) is 5.78 Å². The van der Waals surface area contributed by atoms with Crippen molar-refractivity contribution < 1.29 is 9.53 Å². The Morgan fingerprint density at radius 3 is 2.88 bits per heavy atom. The lowest BCUT2D eigenvalue weighted by Crippen LogP contribution is -2.12. The van der Waals surface area contributed by atoms with E-state index in [1.807, 2.05) is 13.8 Å². The van der Waals surface area contributed by atoms with Crippen molar-refractivity contribution in [2.24, 2.45) is 0 Å². The Balaban J connectivity index is 2.42. The Morgan fingerprint density at radius 1 is 1.38 bits per heavy atom. The predicted octanol–water partition coefficient (Wildman–Crippen LogP) is 1.69. The number of carbonyl (C=O) groups is 1. The summed E-state index contributed by atoms with van der Waals surface area (Å²) >= 11 is 0. The van der Waals surface area contributed by atoms with Gasteiger partial charge in [-0.25, -0.2) is 4.68 Å². The molecule has 0 N–H and O–H groups in total. The normalized spacial score (nSPS) is 10.6. The quantitative estimate of drug-likeness (QED) is 0.499. The second-order valence-corrected chi connectivity index (χ2v) is 3.63. The summed E-state index contributed by atoms with van der Waals surface area (Å²) in [4.78, 5) is 11.8. The van der Waals surface area contributed by atoms with Crippen LogP contribution in [0.1, 0.15) is 43.6 Å². The zero-order valence-electron chi connectivity index (χ0n) is 9.98. The van der Waals surface area contributed by atoms with Crippen LogP contribution in [0.25, 0.3) is 0 Å². The van der Waals surface area contributed by atoms with Crippen LogP contribution in [0.15, 0.2) is 6.20 Å². The highest BCUT2D eigenvalue weighted by Crippen LogP contribution is 2.03. The molecule has 0 aliphatic rings. The minimum absolute atomic E-state index is 0.0505. The molecule has 5 heteroatoms. The number of rotatable bonds is 8. The number of aryl methyl sites for hydroxylation is 1. The second kappa shape index (κ2) is 7.11. The topological polar surface area (TPSA) is 57.0 Å². The number of Topliss-reactive ketones (excluding diaryl/α,β-unsaturated/α-hetero) is 1. The molecule has 1 heterocycles. The highest BCUT2D eigenvalue weighted by Gasteiger charge is 2.12. The molecule has 1 aromatic heterocycles. The van der Waals surface area contributed by atoms with E-state index < -0.39 is 0 Å². The van der Waals surface area contributed by atoms with Crippen molar-refractivity contribution in [2.45, 2.75) is 39.7 Å². The lowest BCUT2D eigenvalue weighted by atomic mass is 10.2. The van der Waals surface area contributed by atoms with Crippen molar-refractivity contribution in [3.63, 3.8) is 0 Å². The van der Waals surface area contributed by atoms with E-state index in [9.17, 15) is 4.79 Å². The van der Waals surface area contributed by atoms with Crippen LogP contribution in [0.2, 0.25) is 0 Å². The van der Waals surface area contributed by atoms with Crippen LogP contribution >= 0.6 is 0 Å². The minimum Gasteiger partial charge on any atom is -0.381 e. The summed E-state index contributed by atoms with van der Waals surface area (Å²) in [5, 5.41) is 7.63. The molecule has 0 amide bonds. The number of hydrogen-bond donors (Lipinski definition) is 0. The fourth-order valence-corrected chi connectivity index (χ4v) is 1.39. The molecule has 0 fully saturated rings. The first kappa shape index (κ1) is 12.8. The van der Waals surface area contributed by atoms with Gasteiger partial charge in [0.15, 0.2) is 5.78 Å². The third kappa shape index (κ3) is 3.73. The van der Waals surface area contributed by atoms with Gasteiger partial charge in [-0.1, -0.05) is 19.1 Å². The number of aromatic nitrogens is 3.